The van der Waals surface area contributed by atoms with Crippen LogP contribution in [-0.2, 0) is 21.2 Å². The maximum Gasteiger partial charge on any atom is 0.286 e. The number of ether oxygens (including phenoxy) is 1. The zero-order chi connectivity index (χ0) is 20.0. The molecule has 3 rings (SSSR count). The van der Waals surface area contributed by atoms with Gasteiger partial charge in [-0.2, -0.15) is 8.42 Å². The maximum absolute atomic E-state index is 12.2. The molecule has 0 aromatic heterocycles. The van der Waals surface area contributed by atoms with Gasteiger partial charge < -0.3 is 15.4 Å². The molecule has 0 spiro atoms. The number of hydrogen-bond acceptors (Lipinski definition) is 5. The van der Waals surface area contributed by atoms with Crippen LogP contribution >= 0.6 is 0 Å². The summed E-state index contributed by atoms with van der Waals surface area (Å²) in [5.74, 6) is 0.958. The van der Waals surface area contributed by atoms with Gasteiger partial charge >= 0.3 is 0 Å². The van der Waals surface area contributed by atoms with Crippen LogP contribution in [0.25, 0.3) is 0 Å². The fraction of sp³-hybridized carbons (Fsp3) is 0.300. The van der Waals surface area contributed by atoms with Gasteiger partial charge in [0.1, 0.15) is 16.5 Å². The third-order valence-electron chi connectivity index (χ3n) is 4.23. The molecule has 2 aromatic carbocycles. The Bertz CT molecular complexity index is 969. The van der Waals surface area contributed by atoms with E-state index in [1.807, 2.05) is 31.2 Å². The van der Waals surface area contributed by atoms with E-state index >= 15 is 0 Å². The molecule has 1 aliphatic rings. The molecule has 28 heavy (non-hydrogen) atoms. The Morgan fingerprint density at radius 3 is 2.61 bits per heavy atom. The standard InChI is InChI=1S/C20H23N3O4S/c1-2-27-16-9-7-15(8-10-16)13-14-21-20(24)12-11-19-22-17-5-3-4-6-18(17)28(25,26)23-19/h3-10H,2,11-14H2,1H3,(H,21,24)(H,22,23). The van der Waals surface area contributed by atoms with Gasteiger partial charge in [0.2, 0.25) is 5.91 Å². The lowest BCUT2D eigenvalue weighted by atomic mass is 10.1. The molecular formula is C20H23N3O4S. The van der Waals surface area contributed by atoms with E-state index in [-0.39, 0.29) is 29.5 Å². The fourth-order valence-corrected chi connectivity index (χ4v) is 4.03. The number of rotatable bonds is 8. The number of carbonyl (C=O) groups excluding carboxylic acids is 1. The predicted molar refractivity (Wildman–Crippen MR) is 108 cm³/mol. The van der Waals surface area contributed by atoms with Crippen molar-refractivity contribution >= 4 is 27.5 Å². The Morgan fingerprint density at radius 2 is 1.86 bits per heavy atom. The van der Waals surface area contributed by atoms with Crippen molar-refractivity contribution in [3.05, 3.63) is 54.1 Å². The summed E-state index contributed by atoms with van der Waals surface area (Å²) < 4.78 is 33.5. The largest absolute Gasteiger partial charge is 0.494 e. The first-order valence-electron chi connectivity index (χ1n) is 9.16. The minimum atomic E-state index is -3.72. The van der Waals surface area contributed by atoms with E-state index in [0.29, 0.717) is 25.3 Å². The first kappa shape index (κ1) is 19.9. The highest BCUT2D eigenvalue weighted by molar-refractivity contribution is 7.90. The van der Waals surface area contributed by atoms with E-state index in [9.17, 15) is 13.2 Å². The monoisotopic (exact) mass is 401 g/mol. The van der Waals surface area contributed by atoms with Gasteiger partial charge in [0.05, 0.1) is 12.3 Å². The van der Waals surface area contributed by atoms with E-state index in [0.717, 1.165) is 11.3 Å². The Morgan fingerprint density at radius 1 is 1.11 bits per heavy atom. The number of amides is 1. The number of nitrogens with one attached hydrogen (secondary N) is 2. The number of anilines is 1. The summed E-state index contributed by atoms with van der Waals surface area (Å²) in [6, 6.07) is 14.3. The Kier molecular flexibility index (Phi) is 6.30. The van der Waals surface area contributed by atoms with Crippen LogP contribution in [0.2, 0.25) is 0 Å². The van der Waals surface area contributed by atoms with Crippen molar-refractivity contribution in [2.75, 3.05) is 18.5 Å². The van der Waals surface area contributed by atoms with Crippen LogP contribution in [0.15, 0.2) is 57.8 Å². The number of nitrogens with zero attached hydrogens (tertiary/aromatic N) is 1. The van der Waals surface area contributed by atoms with Crippen LogP contribution in [-0.4, -0.2) is 33.3 Å². The summed E-state index contributed by atoms with van der Waals surface area (Å²) in [5, 5.41) is 5.83. The van der Waals surface area contributed by atoms with E-state index < -0.39 is 10.0 Å². The molecule has 7 nitrogen and oxygen atoms in total. The fourth-order valence-electron chi connectivity index (χ4n) is 2.86. The second kappa shape index (κ2) is 8.88. The molecule has 0 saturated carbocycles. The van der Waals surface area contributed by atoms with Gasteiger partial charge in [0.15, 0.2) is 0 Å². The van der Waals surface area contributed by atoms with Crippen molar-refractivity contribution in [3.8, 4) is 5.75 Å². The topological polar surface area (TPSA) is 96.9 Å². The van der Waals surface area contributed by atoms with Gasteiger partial charge in [-0.15, -0.1) is 4.40 Å². The second-order valence-electron chi connectivity index (χ2n) is 6.31. The first-order chi connectivity index (χ1) is 13.5. The Hall–Kier alpha value is -2.87. The maximum atomic E-state index is 12.2. The van der Waals surface area contributed by atoms with Crippen molar-refractivity contribution in [1.29, 1.82) is 0 Å². The molecule has 0 radical (unpaired) electrons. The third kappa shape index (κ3) is 5.10. The number of carbonyl (C=O) groups is 1. The van der Waals surface area contributed by atoms with Crippen LogP contribution in [0.5, 0.6) is 5.75 Å². The minimum Gasteiger partial charge on any atom is -0.494 e. The number of para-hydroxylation sites is 1. The van der Waals surface area contributed by atoms with Gasteiger partial charge in [-0.1, -0.05) is 24.3 Å². The highest BCUT2D eigenvalue weighted by Crippen LogP contribution is 2.27. The lowest BCUT2D eigenvalue weighted by Crippen LogP contribution is -2.28. The van der Waals surface area contributed by atoms with Crippen LogP contribution in [0.3, 0.4) is 0 Å². The lowest BCUT2D eigenvalue weighted by molar-refractivity contribution is -0.120. The smallest absolute Gasteiger partial charge is 0.286 e. The lowest BCUT2D eigenvalue weighted by Gasteiger charge is -2.17. The molecule has 1 aliphatic heterocycles. The van der Waals surface area contributed by atoms with E-state index in [2.05, 4.69) is 15.0 Å². The molecule has 0 bridgehead atoms. The van der Waals surface area contributed by atoms with Crippen molar-refractivity contribution < 1.29 is 17.9 Å². The van der Waals surface area contributed by atoms with Crippen molar-refractivity contribution in [2.45, 2.75) is 31.1 Å². The van der Waals surface area contributed by atoms with Crippen molar-refractivity contribution in [3.63, 3.8) is 0 Å². The van der Waals surface area contributed by atoms with E-state index in [1.165, 1.54) is 6.07 Å². The summed E-state index contributed by atoms with van der Waals surface area (Å²) in [4.78, 5) is 12.2. The number of amidine groups is 1. The number of hydrogen-bond donors (Lipinski definition) is 2. The molecular weight excluding hydrogens is 378 g/mol. The summed E-state index contributed by atoms with van der Waals surface area (Å²) >= 11 is 0. The first-order valence-corrected chi connectivity index (χ1v) is 10.6. The molecule has 2 aromatic rings. The molecule has 1 amide bonds. The Labute approximate surface area is 164 Å². The molecule has 0 atom stereocenters. The molecule has 1 heterocycles. The van der Waals surface area contributed by atoms with Gasteiger partial charge in [-0.05, 0) is 43.2 Å². The number of benzene rings is 2. The average Bonchev–Trinajstić information content (AvgIpc) is 2.67. The molecule has 0 aliphatic carbocycles. The van der Waals surface area contributed by atoms with Gasteiger partial charge in [0.25, 0.3) is 10.0 Å². The normalized spacial score (nSPS) is 14.4. The zero-order valence-electron chi connectivity index (χ0n) is 15.6. The van der Waals surface area contributed by atoms with Crippen LogP contribution in [0.1, 0.15) is 25.3 Å². The van der Waals surface area contributed by atoms with Crippen molar-refractivity contribution in [2.24, 2.45) is 4.40 Å². The summed E-state index contributed by atoms with van der Waals surface area (Å²) in [6.45, 7) is 3.07. The minimum absolute atomic E-state index is 0.147. The molecule has 148 valence electrons. The molecule has 0 fully saturated rings. The number of fused-ring (bicyclic) bond motifs is 1. The highest BCUT2D eigenvalue weighted by atomic mass is 32.2. The summed E-state index contributed by atoms with van der Waals surface area (Å²) in [6.07, 6.45) is 1.09. The van der Waals surface area contributed by atoms with Crippen LogP contribution in [0, 0.1) is 0 Å². The summed E-state index contributed by atoms with van der Waals surface area (Å²) in [7, 11) is -3.72. The van der Waals surface area contributed by atoms with E-state index in [4.69, 9.17) is 4.74 Å². The average molecular weight is 401 g/mol. The molecule has 8 heteroatoms. The zero-order valence-corrected chi connectivity index (χ0v) is 16.5. The molecule has 0 unspecified atom stereocenters. The van der Waals surface area contributed by atoms with E-state index in [1.54, 1.807) is 18.2 Å². The van der Waals surface area contributed by atoms with Crippen LogP contribution < -0.4 is 15.4 Å². The Balaban J connectivity index is 1.45. The SMILES string of the molecule is CCOc1ccc(CCNC(=O)CCC2=NS(=O)(=O)c3ccccc3N2)cc1. The predicted octanol–water partition coefficient (Wildman–Crippen LogP) is 2.74. The van der Waals surface area contributed by atoms with Crippen LogP contribution in [0.4, 0.5) is 5.69 Å². The van der Waals surface area contributed by atoms with Gasteiger partial charge in [-0.25, -0.2) is 0 Å². The molecule has 0 saturated heterocycles. The quantitative estimate of drug-likeness (QED) is 0.709. The second-order valence-corrected chi connectivity index (χ2v) is 7.88. The van der Waals surface area contributed by atoms with Gasteiger partial charge in [-0.3, -0.25) is 4.79 Å². The third-order valence-corrected chi connectivity index (χ3v) is 5.61. The molecule has 2 N–H and O–H groups in total. The van der Waals surface area contributed by atoms with Crippen molar-refractivity contribution in [1.82, 2.24) is 5.32 Å². The van der Waals surface area contributed by atoms with Gasteiger partial charge in [0, 0.05) is 19.4 Å². The summed E-state index contributed by atoms with van der Waals surface area (Å²) in [5.41, 5.74) is 1.59. The highest BCUT2D eigenvalue weighted by Gasteiger charge is 2.24. The number of sulfonamides is 1.